The van der Waals surface area contributed by atoms with E-state index in [-0.39, 0.29) is 5.11 Å². The van der Waals surface area contributed by atoms with Gasteiger partial charge in [0.05, 0.1) is 5.71 Å². The van der Waals surface area contributed by atoms with Crippen molar-refractivity contribution in [1.29, 1.82) is 0 Å². The first-order chi connectivity index (χ1) is 8.06. The molecular weight excluding hydrogens is 274 g/mol. The number of nitrogens with zero attached hydrogens (tertiary/aromatic N) is 1. The summed E-state index contributed by atoms with van der Waals surface area (Å²) in [6.07, 6.45) is 0.869. The van der Waals surface area contributed by atoms with Gasteiger partial charge in [-0.2, -0.15) is 5.10 Å². The molecule has 0 amide bonds. The highest BCUT2D eigenvalue weighted by Gasteiger charge is 2.21. The lowest BCUT2D eigenvalue weighted by Crippen LogP contribution is -2.27. The molecular formula is C11H12ClN3S2. The second kappa shape index (κ2) is 5.25. The fourth-order valence-corrected chi connectivity index (χ4v) is 3.04. The average Bonchev–Trinajstić information content (AvgIpc) is 2.26. The number of thiocarbonyl (C=S) groups is 1. The van der Waals surface area contributed by atoms with E-state index in [0.717, 1.165) is 17.7 Å². The number of nitrogens with one attached hydrogen (secondary N) is 1. The minimum absolute atomic E-state index is 0.173. The first-order valence-corrected chi connectivity index (χ1v) is 6.81. The van der Waals surface area contributed by atoms with E-state index in [1.165, 1.54) is 4.90 Å². The van der Waals surface area contributed by atoms with E-state index in [1.807, 2.05) is 30.0 Å². The van der Waals surface area contributed by atoms with Crippen LogP contribution in [0.5, 0.6) is 0 Å². The Morgan fingerprint density at radius 1 is 1.65 bits per heavy atom. The number of hydrogen-bond acceptors (Lipinski definition) is 3. The van der Waals surface area contributed by atoms with Crippen LogP contribution in [-0.2, 0) is 0 Å². The van der Waals surface area contributed by atoms with Crippen molar-refractivity contribution in [3.63, 3.8) is 0 Å². The molecule has 0 aliphatic carbocycles. The Balaban J connectivity index is 2.39. The molecule has 1 atom stereocenters. The smallest absolute Gasteiger partial charge is 0.184 e. The molecule has 3 N–H and O–H groups in total. The van der Waals surface area contributed by atoms with Crippen molar-refractivity contribution in [2.45, 2.75) is 23.5 Å². The van der Waals surface area contributed by atoms with Crippen molar-refractivity contribution in [2.24, 2.45) is 10.8 Å². The van der Waals surface area contributed by atoms with Gasteiger partial charge in [-0.25, -0.2) is 0 Å². The Hall–Kier alpha value is -0.780. The molecule has 90 valence electrons. The van der Waals surface area contributed by atoms with Crippen LogP contribution in [0.1, 0.15) is 18.9 Å². The van der Waals surface area contributed by atoms with Gasteiger partial charge in [0.25, 0.3) is 0 Å². The molecule has 0 radical (unpaired) electrons. The molecule has 0 unspecified atom stereocenters. The van der Waals surface area contributed by atoms with Gasteiger partial charge in [0.2, 0.25) is 0 Å². The molecule has 3 nitrogen and oxygen atoms in total. The van der Waals surface area contributed by atoms with Crippen LogP contribution in [0.4, 0.5) is 0 Å². The van der Waals surface area contributed by atoms with Gasteiger partial charge >= 0.3 is 0 Å². The molecule has 0 aromatic heterocycles. The number of halogens is 1. The van der Waals surface area contributed by atoms with E-state index in [9.17, 15) is 0 Å². The van der Waals surface area contributed by atoms with Crippen LogP contribution in [-0.4, -0.2) is 16.1 Å². The zero-order valence-corrected chi connectivity index (χ0v) is 11.6. The fraction of sp³-hybridized carbons (Fsp3) is 0.273. The van der Waals surface area contributed by atoms with Crippen LogP contribution in [0.15, 0.2) is 28.2 Å². The van der Waals surface area contributed by atoms with Crippen molar-refractivity contribution in [1.82, 2.24) is 5.43 Å². The molecule has 1 aliphatic heterocycles. The number of hydrazone groups is 1. The van der Waals surface area contributed by atoms with E-state index < -0.39 is 0 Å². The first kappa shape index (κ1) is 12.7. The van der Waals surface area contributed by atoms with Gasteiger partial charge in [0.15, 0.2) is 5.11 Å². The van der Waals surface area contributed by atoms with E-state index >= 15 is 0 Å². The highest BCUT2D eigenvalue weighted by molar-refractivity contribution is 8.00. The standard InChI is InChI=1S/C11H12ClN3S2/c1-6-4-9(14-15-11(13)16)8-5-7(12)2-3-10(8)17-6/h2-3,5-6H,4H2,1H3,(H3,13,15,16)/b14-9-/t6-/m0/s1. The third-order valence-electron chi connectivity index (χ3n) is 2.36. The summed E-state index contributed by atoms with van der Waals surface area (Å²) in [7, 11) is 0. The lowest BCUT2D eigenvalue weighted by atomic mass is 10.1. The van der Waals surface area contributed by atoms with Crippen molar-refractivity contribution in [2.75, 3.05) is 0 Å². The number of nitrogens with two attached hydrogens (primary N) is 1. The molecule has 0 bridgehead atoms. The molecule has 2 rings (SSSR count). The summed E-state index contributed by atoms with van der Waals surface area (Å²) >= 11 is 12.6. The predicted octanol–water partition coefficient (Wildman–Crippen LogP) is 2.76. The highest BCUT2D eigenvalue weighted by Crippen LogP contribution is 2.36. The molecule has 0 fully saturated rings. The van der Waals surface area contributed by atoms with Crippen LogP contribution in [0.3, 0.4) is 0 Å². The maximum Gasteiger partial charge on any atom is 0.184 e. The van der Waals surface area contributed by atoms with Gasteiger partial charge in [-0.15, -0.1) is 11.8 Å². The predicted molar refractivity (Wildman–Crippen MR) is 77.8 cm³/mol. The van der Waals surface area contributed by atoms with E-state index in [2.05, 4.69) is 17.5 Å². The molecule has 1 aliphatic rings. The molecule has 0 saturated carbocycles. The Morgan fingerprint density at radius 3 is 3.12 bits per heavy atom. The van der Waals surface area contributed by atoms with Gasteiger partial charge in [-0.05, 0) is 30.4 Å². The summed E-state index contributed by atoms with van der Waals surface area (Å²) in [6.45, 7) is 2.17. The minimum Gasteiger partial charge on any atom is -0.375 e. The summed E-state index contributed by atoms with van der Waals surface area (Å²) in [4.78, 5) is 1.19. The van der Waals surface area contributed by atoms with Crippen LogP contribution >= 0.6 is 35.6 Å². The molecule has 0 saturated heterocycles. The van der Waals surface area contributed by atoms with E-state index in [0.29, 0.717) is 10.3 Å². The molecule has 1 aromatic rings. The summed E-state index contributed by atoms with van der Waals surface area (Å²) < 4.78 is 0. The Labute approximate surface area is 115 Å². The summed E-state index contributed by atoms with van der Waals surface area (Å²) in [5.74, 6) is 0. The normalized spacial score (nSPS) is 21.1. The quantitative estimate of drug-likeness (QED) is 0.615. The van der Waals surface area contributed by atoms with Gasteiger partial charge in [-0.3, -0.25) is 5.43 Å². The summed E-state index contributed by atoms with van der Waals surface area (Å²) in [5.41, 5.74) is 10.0. The van der Waals surface area contributed by atoms with Gasteiger partial charge in [-0.1, -0.05) is 18.5 Å². The average molecular weight is 286 g/mol. The first-order valence-electron chi connectivity index (χ1n) is 5.15. The summed E-state index contributed by atoms with van der Waals surface area (Å²) in [5, 5.41) is 5.61. The van der Waals surface area contributed by atoms with Crippen LogP contribution in [0.2, 0.25) is 5.02 Å². The Morgan fingerprint density at radius 2 is 2.41 bits per heavy atom. The largest absolute Gasteiger partial charge is 0.375 e. The number of rotatable bonds is 1. The molecule has 1 heterocycles. The second-order valence-electron chi connectivity index (χ2n) is 3.81. The van der Waals surface area contributed by atoms with Crippen LogP contribution < -0.4 is 11.2 Å². The molecule has 17 heavy (non-hydrogen) atoms. The molecule has 1 aromatic carbocycles. The lowest BCUT2D eigenvalue weighted by molar-refractivity contribution is 0.949. The Bertz CT molecular complexity index is 488. The zero-order chi connectivity index (χ0) is 12.4. The van der Waals surface area contributed by atoms with Crippen molar-refractivity contribution >= 4 is 46.4 Å². The maximum atomic E-state index is 6.01. The number of hydrogen-bond donors (Lipinski definition) is 2. The minimum atomic E-state index is 0.173. The van der Waals surface area contributed by atoms with Crippen LogP contribution in [0.25, 0.3) is 0 Å². The van der Waals surface area contributed by atoms with Crippen molar-refractivity contribution < 1.29 is 0 Å². The topological polar surface area (TPSA) is 50.4 Å². The third kappa shape index (κ3) is 3.12. The van der Waals surface area contributed by atoms with Gasteiger partial charge < -0.3 is 5.73 Å². The number of benzene rings is 1. The molecule has 0 spiro atoms. The third-order valence-corrected chi connectivity index (χ3v) is 3.87. The number of thioether (sulfide) groups is 1. The highest BCUT2D eigenvalue weighted by atomic mass is 35.5. The maximum absolute atomic E-state index is 6.01. The summed E-state index contributed by atoms with van der Waals surface area (Å²) in [6, 6.07) is 5.84. The van der Waals surface area contributed by atoms with Crippen molar-refractivity contribution in [3.05, 3.63) is 28.8 Å². The fourth-order valence-electron chi connectivity index (χ4n) is 1.70. The zero-order valence-electron chi connectivity index (χ0n) is 9.24. The van der Waals surface area contributed by atoms with E-state index in [4.69, 9.17) is 29.6 Å². The van der Waals surface area contributed by atoms with Gasteiger partial charge in [0.1, 0.15) is 0 Å². The SMILES string of the molecule is C[C@H]1C/C(=N/NC(N)=S)c2cc(Cl)ccc2S1. The second-order valence-corrected chi connectivity index (χ2v) is 6.16. The van der Waals surface area contributed by atoms with Crippen molar-refractivity contribution in [3.8, 4) is 0 Å². The monoisotopic (exact) mass is 285 g/mol. The van der Waals surface area contributed by atoms with Gasteiger partial charge in [0, 0.05) is 27.2 Å². The molecule has 6 heteroatoms. The Kier molecular flexibility index (Phi) is 3.91. The number of fused-ring (bicyclic) bond motifs is 1. The van der Waals surface area contributed by atoms with Crippen LogP contribution in [0, 0.1) is 0 Å². The lowest BCUT2D eigenvalue weighted by Gasteiger charge is -2.22. The van der Waals surface area contributed by atoms with E-state index in [1.54, 1.807) is 0 Å².